The molecule has 0 unspecified atom stereocenters. The van der Waals surface area contributed by atoms with Crippen LogP contribution in [0.1, 0.15) is 47.2 Å². The summed E-state index contributed by atoms with van der Waals surface area (Å²) in [5.41, 5.74) is 3.96. The van der Waals surface area contributed by atoms with Gasteiger partial charge in [-0.25, -0.2) is 4.98 Å². The van der Waals surface area contributed by atoms with Crippen LogP contribution in [0.2, 0.25) is 5.02 Å². The lowest BCUT2D eigenvalue weighted by atomic mass is 10.0. The van der Waals surface area contributed by atoms with Crippen molar-refractivity contribution in [1.82, 2.24) is 9.88 Å². The number of ether oxygens (including phenoxy) is 1. The van der Waals surface area contributed by atoms with Crippen LogP contribution in [0.5, 0.6) is 5.19 Å². The van der Waals surface area contributed by atoms with Gasteiger partial charge < -0.3 is 9.64 Å². The zero-order valence-corrected chi connectivity index (χ0v) is 19.3. The number of aromatic nitrogens is 1. The van der Waals surface area contributed by atoms with Gasteiger partial charge in [0, 0.05) is 49.4 Å². The number of carbonyl (C=O) groups is 2. The summed E-state index contributed by atoms with van der Waals surface area (Å²) in [4.78, 5) is 31.3. The van der Waals surface area contributed by atoms with E-state index in [1.54, 1.807) is 35.6 Å². The first-order valence-electron chi connectivity index (χ1n) is 10.5. The van der Waals surface area contributed by atoms with Gasteiger partial charge in [0.25, 0.3) is 5.19 Å². The van der Waals surface area contributed by atoms with Crippen molar-refractivity contribution >= 4 is 44.8 Å². The van der Waals surface area contributed by atoms with Crippen molar-refractivity contribution in [1.29, 1.82) is 0 Å². The number of Topliss-reactive ketones (excluding diaryl/α,β-unsaturated/α-hetero) is 1. The second-order valence-electron chi connectivity index (χ2n) is 7.98. The summed E-state index contributed by atoms with van der Waals surface area (Å²) in [5, 5.41) is 1.29. The van der Waals surface area contributed by atoms with E-state index in [9.17, 15) is 9.59 Å². The highest BCUT2D eigenvalue weighted by atomic mass is 35.5. The molecule has 0 bridgehead atoms. The van der Waals surface area contributed by atoms with Crippen LogP contribution >= 0.6 is 22.9 Å². The molecule has 3 aromatic rings. The number of thiazole rings is 1. The zero-order valence-electron chi connectivity index (χ0n) is 17.7. The SMILES string of the molecule is Cc1ccc(C)c2sc(OC3CCN(C(=O)CCC(=O)c4ccc(Cl)cc4)CC3)nc12. The molecule has 1 aliphatic heterocycles. The average molecular weight is 457 g/mol. The Kier molecular flexibility index (Phi) is 6.58. The first kappa shape index (κ1) is 21.8. The Bertz CT molecular complexity index is 1060. The largest absolute Gasteiger partial charge is 0.467 e. The fourth-order valence-electron chi connectivity index (χ4n) is 3.81. The summed E-state index contributed by atoms with van der Waals surface area (Å²) in [6.45, 7) is 5.43. The topological polar surface area (TPSA) is 59.5 Å². The van der Waals surface area contributed by atoms with Crippen LogP contribution in [-0.4, -0.2) is 40.8 Å². The van der Waals surface area contributed by atoms with Gasteiger partial charge in [0.15, 0.2) is 5.78 Å². The van der Waals surface area contributed by atoms with Crippen LogP contribution in [0.4, 0.5) is 0 Å². The van der Waals surface area contributed by atoms with Crippen molar-refractivity contribution in [3.8, 4) is 5.19 Å². The third kappa shape index (κ3) is 5.08. The highest BCUT2D eigenvalue weighted by molar-refractivity contribution is 7.20. The van der Waals surface area contributed by atoms with Gasteiger partial charge in [-0.15, -0.1) is 0 Å². The van der Waals surface area contributed by atoms with E-state index in [1.165, 1.54) is 10.3 Å². The third-order valence-electron chi connectivity index (χ3n) is 5.72. The molecule has 0 saturated carbocycles. The number of ketones is 1. The van der Waals surface area contributed by atoms with Gasteiger partial charge in [0.05, 0.1) is 10.2 Å². The normalized spacial score (nSPS) is 14.7. The molecule has 0 atom stereocenters. The summed E-state index contributed by atoms with van der Waals surface area (Å²) >= 11 is 7.45. The number of rotatable bonds is 6. The predicted molar refractivity (Wildman–Crippen MR) is 124 cm³/mol. The van der Waals surface area contributed by atoms with Gasteiger partial charge >= 0.3 is 0 Å². The Labute approximate surface area is 191 Å². The van der Waals surface area contributed by atoms with Crippen molar-refractivity contribution in [2.45, 2.75) is 45.6 Å². The number of fused-ring (bicyclic) bond motifs is 1. The quantitative estimate of drug-likeness (QED) is 0.453. The van der Waals surface area contributed by atoms with E-state index in [0.717, 1.165) is 23.9 Å². The lowest BCUT2D eigenvalue weighted by Gasteiger charge is -2.31. The molecule has 0 N–H and O–H groups in total. The van der Waals surface area contributed by atoms with Gasteiger partial charge in [-0.3, -0.25) is 9.59 Å². The Balaban J connectivity index is 1.27. The van der Waals surface area contributed by atoms with Crippen molar-refractivity contribution in [3.05, 3.63) is 58.1 Å². The first-order valence-corrected chi connectivity index (χ1v) is 11.7. The Morgan fingerprint density at radius 2 is 1.74 bits per heavy atom. The Morgan fingerprint density at radius 3 is 2.42 bits per heavy atom. The molecule has 4 rings (SSSR count). The van der Waals surface area contributed by atoms with Crippen LogP contribution in [0, 0.1) is 13.8 Å². The molecule has 1 aromatic heterocycles. The lowest BCUT2D eigenvalue weighted by Crippen LogP contribution is -2.41. The number of aryl methyl sites for hydroxylation is 2. The second kappa shape index (κ2) is 9.37. The standard InChI is InChI=1S/C24H25ClN2O3S/c1-15-3-4-16(2)23-22(15)26-24(31-23)30-19-11-13-27(14-12-19)21(29)10-9-20(28)17-5-7-18(25)8-6-17/h3-8,19H,9-14H2,1-2H3. The van der Waals surface area contributed by atoms with E-state index in [4.69, 9.17) is 16.3 Å². The van der Waals surface area contributed by atoms with Crippen molar-refractivity contribution in [2.24, 2.45) is 0 Å². The van der Waals surface area contributed by atoms with E-state index < -0.39 is 0 Å². The molecule has 2 aromatic carbocycles. The molecule has 1 saturated heterocycles. The van der Waals surface area contributed by atoms with Gasteiger partial charge in [-0.1, -0.05) is 35.1 Å². The number of amides is 1. The summed E-state index contributed by atoms with van der Waals surface area (Å²) in [5.74, 6) is -0.0170. The fourth-order valence-corrected chi connectivity index (χ4v) is 4.97. The lowest BCUT2D eigenvalue weighted by molar-refractivity contribution is -0.132. The maximum Gasteiger partial charge on any atom is 0.274 e. The summed E-state index contributed by atoms with van der Waals surface area (Å²) in [7, 11) is 0. The van der Waals surface area contributed by atoms with E-state index >= 15 is 0 Å². The highest BCUT2D eigenvalue weighted by Gasteiger charge is 2.25. The Morgan fingerprint density at radius 1 is 1.06 bits per heavy atom. The highest BCUT2D eigenvalue weighted by Crippen LogP contribution is 2.33. The van der Waals surface area contributed by atoms with Crippen LogP contribution in [0.15, 0.2) is 36.4 Å². The van der Waals surface area contributed by atoms with Crippen LogP contribution in [-0.2, 0) is 4.79 Å². The minimum Gasteiger partial charge on any atom is -0.467 e. The number of hydrogen-bond donors (Lipinski definition) is 0. The fraction of sp³-hybridized carbons (Fsp3) is 0.375. The molecule has 31 heavy (non-hydrogen) atoms. The number of hydrogen-bond acceptors (Lipinski definition) is 5. The van der Waals surface area contributed by atoms with E-state index in [-0.39, 0.29) is 30.6 Å². The minimum absolute atomic E-state index is 0.0204. The molecule has 0 aliphatic carbocycles. The van der Waals surface area contributed by atoms with E-state index in [2.05, 4.69) is 31.0 Å². The number of carbonyl (C=O) groups excluding carboxylic acids is 2. The number of likely N-dealkylation sites (tertiary alicyclic amines) is 1. The number of benzene rings is 2. The van der Waals surface area contributed by atoms with Gasteiger partial charge in [0.1, 0.15) is 6.10 Å². The molecule has 1 amide bonds. The molecular formula is C24H25ClN2O3S. The first-order chi connectivity index (χ1) is 14.9. The molecule has 162 valence electrons. The maximum absolute atomic E-state index is 12.5. The smallest absolute Gasteiger partial charge is 0.274 e. The zero-order chi connectivity index (χ0) is 22.0. The number of halogens is 1. The van der Waals surface area contributed by atoms with Crippen LogP contribution in [0.3, 0.4) is 0 Å². The summed E-state index contributed by atoms with van der Waals surface area (Å²) in [6.07, 6.45) is 2.03. The van der Waals surface area contributed by atoms with Crippen LogP contribution < -0.4 is 4.74 Å². The molecule has 1 fully saturated rings. The van der Waals surface area contributed by atoms with Crippen LogP contribution in [0.25, 0.3) is 10.2 Å². The molecule has 0 radical (unpaired) electrons. The van der Waals surface area contributed by atoms with E-state index in [0.29, 0.717) is 28.9 Å². The van der Waals surface area contributed by atoms with Crippen molar-refractivity contribution in [3.63, 3.8) is 0 Å². The van der Waals surface area contributed by atoms with Crippen molar-refractivity contribution < 1.29 is 14.3 Å². The molecule has 7 heteroatoms. The average Bonchev–Trinajstić information content (AvgIpc) is 3.20. The predicted octanol–water partition coefficient (Wildman–Crippen LogP) is 5.60. The maximum atomic E-state index is 12.5. The van der Waals surface area contributed by atoms with Gasteiger partial charge in [-0.2, -0.15) is 0 Å². The van der Waals surface area contributed by atoms with E-state index in [1.807, 2.05) is 4.90 Å². The number of nitrogens with zero attached hydrogens (tertiary/aromatic N) is 2. The molecule has 2 heterocycles. The molecule has 0 spiro atoms. The molecular weight excluding hydrogens is 432 g/mol. The Hall–Kier alpha value is -2.44. The molecule has 5 nitrogen and oxygen atoms in total. The minimum atomic E-state index is -0.0374. The van der Waals surface area contributed by atoms with Crippen molar-refractivity contribution in [2.75, 3.05) is 13.1 Å². The summed E-state index contributed by atoms with van der Waals surface area (Å²) in [6, 6.07) is 11.0. The summed E-state index contributed by atoms with van der Waals surface area (Å²) < 4.78 is 7.32. The second-order valence-corrected chi connectivity index (χ2v) is 9.38. The monoisotopic (exact) mass is 456 g/mol. The molecule has 1 aliphatic rings. The number of piperidine rings is 1. The third-order valence-corrected chi connectivity index (χ3v) is 7.05. The van der Waals surface area contributed by atoms with Gasteiger partial charge in [0.2, 0.25) is 5.91 Å². The van der Waals surface area contributed by atoms with Gasteiger partial charge in [-0.05, 0) is 49.2 Å².